The Morgan fingerprint density at radius 3 is 2.35 bits per heavy atom. The van der Waals surface area contributed by atoms with E-state index in [0.29, 0.717) is 11.3 Å². The summed E-state index contributed by atoms with van der Waals surface area (Å²) in [5.41, 5.74) is 4.16. The van der Waals surface area contributed by atoms with Crippen molar-refractivity contribution in [1.82, 2.24) is 0 Å². The Morgan fingerprint density at radius 2 is 1.85 bits per heavy atom. The van der Waals surface area contributed by atoms with Crippen LogP contribution in [0.2, 0.25) is 24.7 Å². The maximum Gasteiger partial charge on any atom is 0.354 e. The second kappa shape index (κ2) is 9.09. The van der Waals surface area contributed by atoms with E-state index in [0.717, 1.165) is 6.08 Å². The lowest BCUT2D eigenvalue weighted by Crippen LogP contribution is -2.17. The molecule has 0 unspecified atom stereocenters. The number of esters is 2. The number of anilines is 1. The summed E-state index contributed by atoms with van der Waals surface area (Å²) in [5, 5.41) is 12.2. The monoisotopic (exact) mass is 390 g/mol. The Labute approximate surface area is 158 Å². The highest BCUT2D eigenvalue weighted by molar-refractivity contribution is 6.83. The zero-order valence-corrected chi connectivity index (χ0v) is 16.9. The fourth-order valence-corrected chi connectivity index (χ4v) is 2.41. The first kappa shape index (κ1) is 21.3. The molecule has 0 aliphatic heterocycles. The first-order valence-corrected chi connectivity index (χ1v) is 11.4. The van der Waals surface area contributed by atoms with Gasteiger partial charge in [0.2, 0.25) is 0 Å². The third kappa shape index (κ3) is 6.28. The predicted octanol–water partition coefficient (Wildman–Crippen LogP) is 3.08. The van der Waals surface area contributed by atoms with Crippen LogP contribution in [0, 0.1) is 22.8 Å². The van der Waals surface area contributed by atoms with Gasteiger partial charge in [0.05, 0.1) is 36.6 Å². The molecule has 0 aromatic heterocycles. The Balaban J connectivity index is 3.48. The molecule has 1 aromatic rings. The smallest absolute Gasteiger partial charge is 0.354 e. The van der Waals surface area contributed by atoms with Crippen LogP contribution in [0.15, 0.2) is 23.9 Å². The van der Waals surface area contributed by atoms with Crippen LogP contribution >= 0.6 is 11.6 Å². The number of hydrogen-bond acceptors (Lipinski definition) is 6. The summed E-state index contributed by atoms with van der Waals surface area (Å²) in [6.07, 6.45) is 0.966. The SMILES string of the molecule is COC(=O)/C=C(/Nc1cc(Cl)c(C#N)cc1C#C[Si](C)(C)C)C(=O)OC. The van der Waals surface area contributed by atoms with Gasteiger partial charge < -0.3 is 14.8 Å². The van der Waals surface area contributed by atoms with Crippen molar-refractivity contribution in [3.05, 3.63) is 40.1 Å². The Hall–Kier alpha value is -2.74. The van der Waals surface area contributed by atoms with E-state index >= 15 is 0 Å². The number of halogens is 1. The van der Waals surface area contributed by atoms with Gasteiger partial charge in [-0.25, -0.2) is 9.59 Å². The summed E-state index contributed by atoms with van der Waals surface area (Å²) in [5.74, 6) is 1.54. The van der Waals surface area contributed by atoms with E-state index < -0.39 is 20.0 Å². The second-order valence-corrected chi connectivity index (χ2v) is 11.3. The maximum absolute atomic E-state index is 11.9. The van der Waals surface area contributed by atoms with E-state index in [9.17, 15) is 14.9 Å². The molecule has 0 bridgehead atoms. The van der Waals surface area contributed by atoms with Crippen molar-refractivity contribution in [2.75, 3.05) is 19.5 Å². The van der Waals surface area contributed by atoms with Gasteiger partial charge in [0.1, 0.15) is 19.8 Å². The molecule has 0 saturated carbocycles. The van der Waals surface area contributed by atoms with Crippen molar-refractivity contribution in [3.8, 4) is 17.5 Å². The van der Waals surface area contributed by atoms with Gasteiger partial charge in [-0.1, -0.05) is 37.2 Å². The van der Waals surface area contributed by atoms with Gasteiger partial charge in [0.25, 0.3) is 0 Å². The number of rotatable bonds is 4. The first-order valence-electron chi connectivity index (χ1n) is 7.53. The molecule has 0 radical (unpaired) electrons. The molecule has 0 atom stereocenters. The maximum atomic E-state index is 11.9. The molecule has 6 nitrogen and oxygen atoms in total. The molecule has 1 aromatic carbocycles. The number of carbonyl (C=O) groups is 2. The van der Waals surface area contributed by atoms with Crippen molar-refractivity contribution in [1.29, 1.82) is 5.26 Å². The lowest BCUT2D eigenvalue weighted by atomic mass is 10.1. The fraction of sp³-hybridized carbons (Fsp3) is 0.278. The second-order valence-electron chi connectivity index (χ2n) is 6.19. The van der Waals surface area contributed by atoms with Crippen LogP contribution in [-0.2, 0) is 19.1 Å². The number of methoxy groups -OCH3 is 2. The van der Waals surface area contributed by atoms with E-state index in [2.05, 4.69) is 45.9 Å². The van der Waals surface area contributed by atoms with Crippen molar-refractivity contribution in [3.63, 3.8) is 0 Å². The number of benzene rings is 1. The normalized spacial score (nSPS) is 10.9. The largest absolute Gasteiger partial charge is 0.466 e. The number of carbonyl (C=O) groups excluding carboxylic acids is 2. The molecular formula is C18H19ClN2O4Si. The topological polar surface area (TPSA) is 88.4 Å². The molecule has 136 valence electrons. The van der Waals surface area contributed by atoms with Gasteiger partial charge in [-0.05, 0) is 12.1 Å². The predicted molar refractivity (Wildman–Crippen MR) is 102 cm³/mol. The van der Waals surface area contributed by atoms with E-state index in [1.807, 2.05) is 6.07 Å². The number of nitrogens with one attached hydrogen (secondary N) is 1. The van der Waals surface area contributed by atoms with Crippen LogP contribution < -0.4 is 5.32 Å². The zero-order chi connectivity index (χ0) is 19.9. The molecular weight excluding hydrogens is 372 g/mol. The van der Waals surface area contributed by atoms with Crippen molar-refractivity contribution in [2.24, 2.45) is 0 Å². The van der Waals surface area contributed by atoms with Crippen LogP contribution in [0.3, 0.4) is 0 Å². The summed E-state index contributed by atoms with van der Waals surface area (Å²) in [7, 11) is 0.689. The molecule has 1 rings (SSSR count). The third-order valence-corrected chi connectivity index (χ3v) is 4.13. The fourth-order valence-electron chi connectivity index (χ4n) is 1.70. The Kier molecular flexibility index (Phi) is 7.45. The molecule has 0 aliphatic rings. The molecule has 0 heterocycles. The van der Waals surface area contributed by atoms with E-state index in [1.165, 1.54) is 26.4 Å². The zero-order valence-electron chi connectivity index (χ0n) is 15.2. The average molecular weight is 391 g/mol. The molecule has 0 fully saturated rings. The van der Waals surface area contributed by atoms with Crippen molar-refractivity contribution < 1.29 is 19.1 Å². The molecule has 8 heteroatoms. The minimum Gasteiger partial charge on any atom is -0.466 e. The number of nitriles is 1. The Morgan fingerprint density at radius 1 is 1.19 bits per heavy atom. The highest BCUT2D eigenvalue weighted by atomic mass is 35.5. The molecule has 0 amide bonds. The number of hydrogen-bond donors (Lipinski definition) is 1. The number of ether oxygens (including phenoxy) is 2. The molecule has 1 N–H and O–H groups in total. The summed E-state index contributed by atoms with van der Waals surface area (Å²) in [6.45, 7) is 6.22. The molecule has 0 spiro atoms. The van der Waals surface area contributed by atoms with Gasteiger partial charge >= 0.3 is 11.9 Å². The standard InChI is InChI=1S/C18H19ClN2O4Si/c1-24-17(22)10-16(18(23)25-2)21-15-9-14(19)13(11-20)8-12(15)6-7-26(3,4)5/h8-10,21H,1-5H3/b16-10+. The van der Waals surface area contributed by atoms with Crippen molar-refractivity contribution in [2.45, 2.75) is 19.6 Å². The van der Waals surface area contributed by atoms with Crippen LogP contribution in [0.25, 0.3) is 0 Å². The highest BCUT2D eigenvalue weighted by Crippen LogP contribution is 2.26. The minimum absolute atomic E-state index is 0.142. The summed E-state index contributed by atoms with van der Waals surface area (Å²) < 4.78 is 9.21. The molecule has 26 heavy (non-hydrogen) atoms. The van der Waals surface area contributed by atoms with Gasteiger partial charge in [0, 0.05) is 5.56 Å². The first-order chi connectivity index (χ1) is 12.1. The molecule has 0 aliphatic carbocycles. The van der Waals surface area contributed by atoms with Crippen molar-refractivity contribution >= 4 is 37.3 Å². The summed E-state index contributed by atoms with van der Waals surface area (Å²) in [4.78, 5) is 23.4. The van der Waals surface area contributed by atoms with Crippen LogP contribution in [0.5, 0.6) is 0 Å². The average Bonchev–Trinajstić information content (AvgIpc) is 2.58. The summed E-state index contributed by atoms with van der Waals surface area (Å²) in [6, 6.07) is 5.00. The summed E-state index contributed by atoms with van der Waals surface area (Å²) >= 11 is 6.09. The van der Waals surface area contributed by atoms with E-state index in [4.69, 9.17) is 11.6 Å². The number of nitrogens with zero attached hydrogens (tertiary/aromatic N) is 1. The van der Waals surface area contributed by atoms with E-state index in [-0.39, 0.29) is 16.3 Å². The molecule has 0 saturated heterocycles. The van der Waals surface area contributed by atoms with E-state index in [1.54, 1.807) is 0 Å². The quantitative estimate of drug-likeness (QED) is 0.368. The van der Waals surface area contributed by atoms with Gasteiger partial charge in [0.15, 0.2) is 0 Å². The van der Waals surface area contributed by atoms with Crippen LogP contribution in [-0.4, -0.2) is 34.2 Å². The van der Waals surface area contributed by atoms with Crippen LogP contribution in [0.4, 0.5) is 5.69 Å². The van der Waals surface area contributed by atoms with Crippen LogP contribution in [0.1, 0.15) is 11.1 Å². The third-order valence-electron chi connectivity index (χ3n) is 2.94. The van der Waals surface area contributed by atoms with Gasteiger partial charge in [-0.3, -0.25) is 0 Å². The lowest BCUT2D eigenvalue weighted by Gasteiger charge is -2.12. The lowest BCUT2D eigenvalue weighted by molar-refractivity contribution is -0.138. The Bertz CT molecular complexity index is 855. The minimum atomic E-state index is -1.69. The van der Waals surface area contributed by atoms with Gasteiger partial charge in [-0.2, -0.15) is 5.26 Å². The highest BCUT2D eigenvalue weighted by Gasteiger charge is 2.16. The van der Waals surface area contributed by atoms with Gasteiger partial charge in [-0.15, -0.1) is 5.54 Å².